The van der Waals surface area contributed by atoms with Gasteiger partial charge in [-0.2, -0.15) is 18.3 Å². The molecule has 33 heavy (non-hydrogen) atoms. The van der Waals surface area contributed by atoms with Gasteiger partial charge in [-0.15, -0.1) is 0 Å². The van der Waals surface area contributed by atoms with Crippen molar-refractivity contribution in [1.82, 2.24) is 24.3 Å². The van der Waals surface area contributed by atoms with Gasteiger partial charge in [-0.3, -0.25) is 24.3 Å². The van der Waals surface area contributed by atoms with Gasteiger partial charge < -0.3 is 5.32 Å². The second-order valence-corrected chi connectivity index (χ2v) is 6.75. The lowest BCUT2D eigenvalue weighted by Crippen LogP contribution is -2.28. The number of nitrogens with zero attached hydrogens (tertiary/aromatic N) is 6. The Morgan fingerprint density at radius 3 is 2.61 bits per heavy atom. The van der Waals surface area contributed by atoms with Gasteiger partial charge in [0.2, 0.25) is 5.91 Å². The summed E-state index contributed by atoms with van der Waals surface area (Å²) >= 11 is 0. The SMILES string of the molecule is O=C(Cn1cnc2ccc([N+](=O)[O-])cc2c1=O)Nc1cc(C(F)(F)F)ccc1-n1cncn1. The van der Waals surface area contributed by atoms with Crippen LogP contribution in [0.5, 0.6) is 0 Å². The van der Waals surface area contributed by atoms with E-state index in [0.29, 0.717) is 0 Å². The summed E-state index contributed by atoms with van der Waals surface area (Å²) in [6.07, 6.45) is -1.18. The summed E-state index contributed by atoms with van der Waals surface area (Å²) < 4.78 is 41.6. The van der Waals surface area contributed by atoms with Crippen molar-refractivity contribution in [3.05, 3.63) is 81.4 Å². The molecule has 0 saturated heterocycles. The van der Waals surface area contributed by atoms with Crippen molar-refractivity contribution in [3.63, 3.8) is 0 Å². The van der Waals surface area contributed by atoms with Crippen molar-refractivity contribution in [2.24, 2.45) is 0 Å². The zero-order valence-electron chi connectivity index (χ0n) is 16.4. The van der Waals surface area contributed by atoms with E-state index < -0.39 is 34.7 Å². The molecule has 0 saturated carbocycles. The van der Waals surface area contributed by atoms with Gasteiger partial charge >= 0.3 is 6.18 Å². The molecule has 1 amide bonds. The summed E-state index contributed by atoms with van der Waals surface area (Å²) in [5.74, 6) is -0.829. The minimum Gasteiger partial charge on any atom is -0.323 e. The van der Waals surface area contributed by atoms with Crippen molar-refractivity contribution in [3.8, 4) is 5.69 Å². The average Bonchev–Trinajstić information content (AvgIpc) is 3.29. The number of carbonyl (C=O) groups is 1. The minimum absolute atomic E-state index is 0.0816. The Labute approximate surface area is 181 Å². The third-order valence-corrected chi connectivity index (χ3v) is 4.60. The van der Waals surface area contributed by atoms with E-state index in [0.717, 1.165) is 35.2 Å². The Balaban J connectivity index is 1.66. The first-order valence-corrected chi connectivity index (χ1v) is 9.13. The van der Waals surface area contributed by atoms with Crippen LogP contribution in [0.2, 0.25) is 0 Å². The van der Waals surface area contributed by atoms with Crippen LogP contribution in [0.15, 0.2) is 60.2 Å². The lowest BCUT2D eigenvalue weighted by Gasteiger charge is -2.15. The van der Waals surface area contributed by atoms with Gasteiger partial charge in [0.1, 0.15) is 19.2 Å². The van der Waals surface area contributed by atoms with Crippen molar-refractivity contribution in [2.45, 2.75) is 12.7 Å². The predicted octanol–water partition coefficient (Wildman–Crippen LogP) is 2.54. The summed E-state index contributed by atoms with van der Waals surface area (Å²) in [4.78, 5) is 43.3. The number of anilines is 1. The van der Waals surface area contributed by atoms with E-state index in [1.165, 1.54) is 29.5 Å². The molecule has 0 atom stereocenters. The van der Waals surface area contributed by atoms with Crippen molar-refractivity contribution in [1.29, 1.82) is 0 Å². The van der Waals surface area contributed by atoms with E-state index in [-0.39, 0.29) is 28.0 Å². The Kier molecular flexibility index (Phi) is 5.33. The smallest absolute Gasteiger partial charge is 0.323 e. The summed E-state index contributed by atoms with van der Waals surface area (Å²) in [5, 5.41) is 17.1. The molecule has 2 heterocycles. The number of nitro groups is 1. The van der Waals surface area contributed by atoms with Crippen LogP contribution in [0.3, 0.4) is 0 Å². The summed E-state index contributed by atoms with van der Waals surface area (Å²) in [7, 11) is 0. The molecule has 0 unspecified atom stereocenters. The largest absolute Gasteiger partial charge is 0.416 e. The predicted molar refractivity (Wildman–Crippen MR) is 108 cm³/mol. The van der Waals surface area contributed by atoms with E-state index in [1.807, 2.05) is 0 Å². The van der Waals surface area contributed by atoms with Crippen LogP contribution in [0.1, 0.15) is 5.56 Å². The molecule has 0 fully saturated rings. The maximum absolute atomic E-state index is 13.2. The van der Waals surface area contributed by atoms with Gasteiger partial charge in [-0.1, -0.05) is 0 Å². The number of hydrogen-bond donors (Lipinski definition) is 1. The van der Waals surface area contributed by atoms with E-state index in [4.69, 9.17) is 0 Å². The molecular weight excluding hydrogens is 447 g/mol. The minimum atomic E-state index is -4.66. The van der Waals surface area contributed by atoms with E-state index >= 15 is 0 Å². The molecule has 0 aliphatic carbocycles. The van der Waals surface area contributed by atoms with Crippen LogP contribution < -0.4 is 10.9 Å². The molecule has 0 bridgehead atoms. The van der Waals surface area contributed by atoms with Gasteiger partial charge in [0.25, 0.3) is 11.2 Å². The van der Waals surface area contributed by atoms with Gasteiger partial charge in [0.15, 0.2) is 0 Å². The highest BCUT2D eigenvalue weighted by atomic mass is 19.4. The van der Waals surface area contributed by atoms with Crippen molar-refractivity contribution in [2.75, 3.05) is 5.32 Å². The second kappa shape index (κ2) is 8.14. The molecule has 0 aliphatic rings. The number of alkyl halides is 3. The zero-order valence-corrected chi connectivity index (χ0v) is 16.4. The van der Waals surface area contributed by atoms with Crippen LogP contribution in [0.4, 0.5) is 24.5 Å². The normalized spacial score (nSPS) is 11.5. The fourth-order valence-corrected chi connectivity index (χ4v) is 3.06. The molecule has 168 valence electrons. The number of nitrogens with one attached hydrogen (secondary N) is 1. The molecule has 0 radical (unpaired) electrons. The Bertz CT molecular complexity index is 1430. The number of non-ortho nitro benzene ring substituents is 1. The maximum Gasteiger partial charge on any atom is 0.416 e. The number of rotatable bonds is 5. The zero-order chi connectivity index (χ0) is 23.8. The fraction of sp³-hybridized carbons (Fsp3) is 0.105. The van der Waals surface area contributed by atoms with Crippen LogP contribution in [-0.2, 0) is 17.5 Å². The molecule has 2 aromatic heterocycles. The van der Waals surface area contributed by atoms with E-state index in [1.54, 1.807) is 0 Å². The monoisotopic (exact) mass is 459 g/mol. The number of fused-ring (bicyclic) bond motifs is 1. The average molecular weight is 459 g/mol. The third-order valence-electron chi connectivity index (χ3n) is 4.60. The first kappa shape index (κ1) is 21.6. The van der Waals surface area contributed by atoms with Gasteiger partial charge in [-0.05, 0) is 24.3 Å². The molecule has 14 heteroatoms. The quantitative estimate of drug-likeness (QED) is 0.358. The summed E-state index contributed by atoms with van der Waals surface area (Å²) in [6, 6.07) is 6.21. The summed E-state index contributed by atoms with van der Waals surface area (Å²) in [6.45, 7) is -0.600. The van der Waals surface area contributed by atoms with Crippen molar-refractivity contribution < 1.29 is 22.9 Å². The molecule has 0 spiro atoms. The Morgan fingerprint density at radius 1 is 1.15 bits per heavy atom. The molecule has 11 nitrogen and oxygen atoms in total. The highest BCUT2D eigenvalue weighted by molar-refractivity contribution is 5.93. The molecule has 0 aliphatic heterocycles. The molecule has 1 N–H and O–H groups in total. The molecule has 4 rings (SSSR count). The number of nitro benzene ring substituents is 1. The van der Waals surface area contributed by atoms with E-state index in [9.17, 15) is 32.9 Å². The fourth-order valence-electron chi connectivity index (χ4n) is 3.06. The maximum atomic E-state index is 13.2. The van der Waals surface area contributed by atoms with Crippen LogP contribution in [0, 0.1) is 10.1 Å². The Hall–Kier alpha value is -4.62. The number of amides is 1. The van der Waals surface area contributed by atoms with Crippen molar-refractivity contribution >= 4 is 28.2 Å². The first-order chi connectivity index (χ1) is 15.6. The Morgan fingerprint density at radius 2 is 1.94 bits per heavy atom. The van der Waals surface area contributed by atoms with Crippen LogP contribution in [-0.4, -0.2) is 35.1 Å². The molecular formula is C19H12F3N7O4. The highest BCUT2D eigenvalue weighted by Crippen LogP contribution is 2.33. The number of carbonyl (C=O) groups excluding carboxylic acids is 1. The van der Waals surface area contributed by atoms with Crippen LogP contribution in [0.25, 0.3) is 16.6 Å². The lowest BCUT2D eigenvalue weighted by atomic mass is 10.1. The third kappa shape index (κ3) is 4.39. The first-order valence-electron chi connectivity index (χ1n) is 9.13. The van der Waals surface area contributed by atoms with E-state index in [2.05, 4.69) is 20.4 Å². The number of benzene rings is 2. The standard InChI is InChI=1S/C19H12F3N7O4/c20-19(21,22)11-1-4-16(28-9-23-8-25-28)15(5-11)26-17(30)7-27-10-24-14-3-2-12(29(32)33)6-13(14)18(27)31/h1-6,8-10H,7H2,(H,26,30). The number of halogens is 3. The van der Waals surface area contributed by atoms with Crippen LogP contribution >= 0.6 is 0 Å². The van der Waals surface area contributed by atoms with Gasteiger partial charge in [0.05, 0.1) is 39.1 Å². The second-order valence-electron chi connectivity index (χ2n) is 6.75. The van der Waals surface area contributed by atoms with Gasteiger partial charge in [0, 0.05) is 12.1 Å². The molecule has 2 aromatic carbocycles. The molecule has 4 aromatic rings. The number of hydrogen-bond acceptors (Lipinski definition) is 7. The number of aromatic nitrogens is 5. The lowest BCUT2D eigenvalue weighted by molar-refractivity contribution is -0.384. The summed E-state index contributed by atoms with van der Waals surface area (Å²) in [5.41, 5.74) is -1.96. The highest BCUT2D eigenvalue weighted by Gasteiger charge is 2.31. The van der Waals surface area contributed by atoms with Gasteiger partial charge in [-0.25, -0.2) is 14.6 Å². The topological polar surface area (TPSA) is 138 Å².